The van der Waals surface area contributed by atoms with Crippen LogP contribution < -0.4 is 10.6 Å². The predicted octanol–water partition coefficient (Wildman–Crippen LogP) is 1.61. The highest BCUT2D eigenvalue weighted by molar-refractivity contribution is 5.88. The number of aliphatic hydroxyl groups is 1. The second kappa shape index (κ2) is 6.85. The van der Waals surface area contributed by atoms with Gasteiger partial charge in [-0.3, -0.25) is 5.32 Å². The molecular formula is C12H19N3O2. The van der Waals surface area contributed by atoms with Gasteiger partial charge in [0.05, 0.1) is 6.10 Å². The van der Waals surface area contributed by atoms with E-state index < -0.39 is 0 Å². The van der Waals surface area contributed by atoms with Crippen molar-refractivity contribution in [2.24, 2.45) is 5.92 Å². The molecular weight excluding hydrogens is 218 g/mol. The summed E-state index contributed by atoms with van der Waals surface area (Å²) in [6.07, 6.45) is 1.95. The molecule has 1 aromatic heterocycles. The lowest BCUT2D eigenvalue weighted by Gasteiger charge is -2.14. The Hall–Kier alpha value is -1.62. The molecule has 0 saturated carbocycles. The van der Waals surface area contributed by atoms with Gasteiger partial charge in [-0.2, -0.15) is 0 Å². The molecule has 0 saturated heterocycles. The number of urea groups is 1. The minimum Gasteiger partial charge on any atom is -0.393 e. The topological polar surface area (TPSA) is 74.2 Å². The number of aromatic nitrogens is 1. The fourth-order valence-electron chi connectivity index (χ4n) is 1.53. The number of amides is 2. The Kier molecular flexibility index (Phi) is 5.42. The molecule has 17 heavy (non-hydrogen) atoms. The number of hydrogen-bond acceptors (Lipinski definition) is 3. The second-order valence-electron chi connectivity index (χ2n) is 4.24. The van der Waals surface area contributed by atoms with Crippen molar-refractivity contribution in [3.63, 3.8) is 0 Å². The van der Waals surface area contributed by atoms with Crippen LogP contribution in [0.4, 0.5) is 10.6 Å². The van der Waals surface area contributed by atoms with Crippen molar-refractivity contribution >= 4 is 11.8 Å². The fourth-order valence-corrected chi connectivity index (χ4v) is 1.53. The molecule has 1 aromatic rings. The van der Waals surface area contributed by atoms with Gasteiger partial charge >= 0.3 is 6.03 Å². The van der Waals surface area contributed by atoms with Crippen LogP contribution in [0.3, 0.4) is 0 Å². The third-order valence-electron chi connectivity index (χ3n) is 2.26. The Morgan fingerprint density at radius 2 is 2.24 bits per heavy atom. The summed E-state index contributed by atoms with van der Waals surface area (Å²) in [4.78, 5) is 15.5. The molecule has 2 amide bonds. The lowest BCUT2D eigenvalue weighted by Crippen LogP contribution is -2.33. The average molecular weight is 237 g/mol. The first-order valence-corrected chi connectivity index (χ1v) is 5.72. The van der Waals surface area contributed by atoms with Gasteiger partial charge in [0.15, 0.2) is 0 Å². The lowest BCUT2D eigenvalue weighted by molar-refractivity contribution is 0.163. The first kappa shape index (κ1) is 13.4. The number of anilines is 1. The second-order valence-corrected chi connectivity index (χ2v) is 4.24. The minimum atomic E-state index is -0.342. The normalized spacial score (nSPS) is 13.8. The third-order valence-corrected chi connectivity index (χ3v) is 2.26. The number of pyridine rings is 1. The van der Waals surface area contributed by atoms with Crippen molar-refractivity contribution in [1.29, 1.82) is 0 Å². The SMILES string of the molecule is C[C@@H](CNC(=O)Nc1ccccn1)C[C@H](C)O. The number of aliphatic hydroxyl groups excluding tert-OH is 1. The van der Waals surface area contributed by atoms with Crippen LogP contribution >= 0.6 is 0 Å². The summed E-state index contributed by atoms with van der Waals surface area (Å²) < 4.78 is 0. The molecule has 94 valence electrons. The predicted molar refractivity (Wildman–Crippen MR) is 66.7 cm³/mol. The Balaban J connectivity index is 2.26. The van der Waals surface area contributed by atoms with Crippen molar-refractivity contribution in [1.82, 2.24) is 10.3 Å². The van der Waals surface area contributed by atoms with E-state index in [1.807, 2.05) is 6.92 Å². The molecule has 5 heteroatoms. The van der Waals surface area contributed by atoms with E-state index in [4.69, 9.17) is 0 Å². The van der Waals surface area contributed by atoms with E-state index in [0.29, 0.717) is 18.8 Å². The zero-order valence-corrected chi connectivity index (χ0v) is 10.2. The molecule has 0 aromatic carbocycles. The molecule has 0 unspecified atom stereocenters. The van der Waals surface area contributed by atoms with Gasteiger partial charge < -0.3 is 10.4 Å². The van der Waals surface area contributed by atoms with Crippen molar-refractivity contribution in [2.75, 3.05) is 11.9 Å². The summed E-state index contributed by atoms with van der Waals surface area (Å²) in [7, 11) is 0. The molecule has 0 aliphatic carbocycles. The maximum atomic E-state index is 11.5. The van der Waals surface area contributed by atoms with Crippen LogP contribution in [0.1, 0.15) is 20.3 Å². The quantitative estimate of drug-likeness (QED) is 0.728. The molecule has 0 spiro atoms. The number of nitrogens with one attached hydrogen (secondary N) is 2. The number of carbonyl (C=O) groups excluding carboxylic acids is 1. The van der Waals surface area contributed by atoms with Gasteiger partial charge in [-0.05, 0) is 31.4 Å². The highest BCUT2D eigenvalue weighted by Gasteiger charge is 2.08. The number of rotatable bonds is 5. The molecule has 1 heterocycles. The standard InChI is InChI=1S/C12H19N3O2/c1-9(7-10(2)16)8-14-12(17)15-11-5-3-4-6-13-11/h3-6,9-10,16H,7-8H2,1-2H3,(H2,13,14,15,17)/t9-,10+/m1/s1. The van der Waals surface area contributed by atoms with Crippen molar-refractivity contribution in [3.05, 3.63) is 24.4 Å². The van der Waals surface area contributed by atoms with Crippen molar-refractivity contribution < 1.29 is 9.90 Å². The largest absolute Gasteiger partial charge is 0.393 e. The Bertz CT molecular complexity index is 341. The maximum absolute atomic E-state index is 11.5. The molecule has 0 bridgehead atoms. The minimum absolute atomic E-state index is 0.240. The van der Waals surface area contributed by atoms with Crippen LogP contribution in [-0.4, -0.2) is 28.8 Å². The first-order valence-electron chi connectivity index (χ1n) is 5.72. The Morgan fingerprint density at radius 1 is 1.47 bits per heavy atom. The Labute approximate surface area is 101 Å². The highest BCUT2D eigenvalue weighted by atomic mass is 16.3. The van der Waals surface area contributed by atoms with E-state index in [1.54, 1.807) is 31.3 Å². The molecule has 5 nitrogen and oxygen atoms in total. The molecule has 0 fully saturated rings. The number of nitrogens with zero attached hydrogens (tertiary/aromatic N) is 1. The van der Waals surface area contributed by atoms with Gasteiger partial charge in [0.1, 0.15) is 5.82 Å². The van der Waals surface area contributed by atoms with Crippen LogP contribution in [0, 0.1) is 5.92 Å². The average Bonchev–Trinajstić information content (AvgIpc) is 2.27. The van der Waals surface area contributed by atoms with Crippen molar-refractivity contribution in [3.8, 4) is 0 Å². The lowest BCUT2D eigenvalue weighted by atomic mass is 10.1. The van der Waals surface area contributed by atoms with E-state index >= 15 is 0 Å². The summed E-state index contributed by atoms with van der Waals surface area (Å²) in [6.45, 7) is 4.25. The first-order chi connectivity index (χ1) is 8.08. The van der Waals surface area contributed by atoms with E-state index in [-0.39, 0.29) is 18.1 Å². The summed E-state index contributed by atoms with van der Waals surface area (Å²) in [5.41, 5.74) is 0. The van der Waals surface area contributed by atoms with E-state index in [2.05, 4.69) is 15.6 Å². The molecule has 3 N–H and O–H groups in total. The fraction of sp³-hybridized carbons (Fsp3) is 0.500. The van der Waals surface area contributed by atoms with Crippen LogP contribution in [0.5, 0.6) is 0 Å². The van der Waals surface area contributed by atoms with Crippen LogP contribution in [0.2, 0.25) is 0 Å². The molecule has 0 radical (unpaired) electrons. The van der Waals surface area contributed by atoms with Gasteiger partial charge in [0.2, 0.25) is 0 Å². The van der Waals surface area contributed by atoms with E-state index in [0.717, 1.165) is 0 Å². The summed E-state index contributed by atoms with van der Waals surface area (Å²) in [5.74, 6) is 0.762. The molecule has 0 aliphatic heterocycles. The van der Waals surface area contributed by atoms with Crippen LogP contribution in [0.15, 0.2) is 24.4 Å². The van der Waals surface area contributed by atoms with Gasteiger partial charge in [0.25, 0.3) is 0 Å². The van der Waals surface area contributed by atoms with E-state index in [1.165, 1.54) is 0 Å². The summed E-state index contributed by atoms with van der Waals surface area (Å²) in [5, 5.41) is 14.5. The molecule has 2 atom stereocenters. The summed E-state index contributed by atoms with van der Waals surface area (Å²) >= 11 is 0. The van der Waals surface area contributed by atoms with Crippen LogP contribution in [0.25, 0.3) is 0 Å². The van der Waals surface area contributed by atoms with Gasteiger partial charge in [-0.25, -0.2) is 9.78 Å². The number of hydrogen-bond donors (Lipinski definition) is 3. The maximum Gasteiger partial charge on any atom is 0.320 e. The number of carbonyl (C=O) groups is 1. The third kappa shape index (κ3) is 5.87. The van der Waals surface area contributed by atoms with Gasteiger partial charge in [-0.1, -0.05) is 13.0 Å². The van der Waals surface area contributed by atoms with Crippen LogP contribution in [-0.2, 0) is 0 Å². The van der Waals surface area contributed by atoms with Crippen molar-refractivity contribution in [2.45, 2.75) is 26.4 Å². The van der Waals surface area contributed by atoms with E-state index in [9.17, 15) is 9.90 Å². The van der Waals surface area contributed by atoms with Gasteiger partial charge in [-0.15, -0.1) is 0 Å². The summed E-state index contributed by atoms with van der Waals surface area (Å²) in [6, 6.07) is 5.03. The Morgan fingerprint density at radius 3 is 2.82 bits per heavy atom. The highest BCUT2D eigenvalue weighted by Crippen LogP contribution is 2.04. The smallest absolute Gasteiger partial charge is 0.320 e. The van der Waals surface area contributed by atoms with Gasteiger partial charge in [0, 0.05) is 12.7 Å². The zero-order valence-electron chi connectivity index (χ0n) is 10.2. The molecule has 1 rings (SSSR count). The zero-order chi connectivity index (χ0) is 12.7. The molecule has 0 aliphatic rings. The monoisotopic (exact) mass is 237 g/mol.